The molecule has 0 bridgehead atoms. The van der Waals surface area contributed by atoms with Crippen LogP contribution in [0.2, 0.25) is 5.02 Å². The normalized spacial score (nSPS) is 10.2. The second-order valence-electron chi connectivity index (χ2n) is 4.16. The Hall–Kier alpha value is -2.57. The standard InChI is InChI=1S/C16H9ClN2O/c17-13-6-2-7-14(12(13)10-18)20-15-8-1-4-11-5-3-9-19-16(11)15/h1-9H. The highest BCUT2D eigenvalue weighted by Crippen LogP contribution is 2.32. The molecule has 0 atom stereocenters. The van der Waals surface area contributed by atoms with E-state index in [1.807, 2.05) is 30.3 Å². The van der Waals surface area contributed by atoms with Crippen LogP contribution in [0.15, 0.2) is 54.7 Å². The van der Waals surface area contributed by atoms with E-state index in [-0.39, 0.29) is 0 Å². The lowest BCUT2D eigenvalue weighted by Gasteiger charge is -2.10. The summed E-state index contributed by atoms with van der Waals surface area (Å²) in [4.78, 5) is 4.31. The van der Waals surface area contributed by atoms with Crippen LogP contribution >= 0.6 is 11.6 Å². The smallest absolute Gasteiger partial charge is 0.153 e. The van der Waals surface area contributed by atoms with E-state index in [0.717, 1.165) is 10.9 Å². The minimum atomic E-state index is 0.321. The van der Waals surface area contributed by atoms with E-state index in [2.05, 4.69) is 11.1 Å². The van der Waals surface area contributed by atoms with Crippen LogP contribution in [0.5, 0.6) is 11.5 Å². The van der Waals surface area contributed by atoms with Crippen molar-refractivity contribution >= 4 is 22.5 Å². The molecule has 4 heteroatoms. The molecule has 0 saturated heterocycles. The van der Waals surface area contributed by atoms with Gasteiger partial charge in [0.1, 0.15) is 22.9 Å². The highest BCUT2D eigenvalue weighted by Gasteiger charge is 2.10. The number of pyridine rings is 1. The predicted octanol–water partition coefficient (Wildman–Crippen LogP) is 4.55. The van der Waals surface area contributed by atoms with Gasteiger partial charge in [-0.05, 0) is 24.3 Å². The number of fused-ring (bicyclic) bond motifs is 1. The molecule has 0 unspecified atom stereocenters. The summed E-state index contributed by atoms with van der Waals surface area (Å²) in [6, 6.07) is 16.7. The maximum Gasteiger partial charge on any atom is 0.153 e. The number of rotatable bonds is 2. The van der Waals surface area contributed by atoms with Gasteiger partial charge in [0.15, 0.2) is 5.75 Å². The number of hydrogen-bond donors (Lipinski definition) is 0. The Kier molecular flexibility index (Phi) is 3.24. The van der Waals surface area contributed by atoms with Crippen LogP contribution in [0.1, 0.15) is 5.56 Å². The van der Waals surface area contributed by atoms with Crippen molar-refractivity contribution in [3.05, 3.63) is 65.3 Å². The van der Waals surface area contributed by atoms with Gasteiger partial charge in [-0.3, -0.25) is 4.98 Å². The molecular weight excluding hydrogens is 272 g/mol. The molecule has 3 rings (SSSR count). The number of hydrogen-bond acceptors (Lipinski definition) is 3. The van der Waals surface area contributed by atoms with E-state index in [1.165, 1.54) is 0 Å². The van der Waals surface area contributed by atoms with E-state index >= 15 is 0 Å². The first-order valence-electron chi connectivity index (χ1n) is 6.00. The summed E-state index contributed by atoms with van der Waals surface area (Å²) in [6.07, 6.45) is 1.71. The van der Waals surface area contributed by atoms with Crippen LogP contribution in [-0.2, 0) is 0 Å². The van der Waals surface area contributed by atoms with E-state index in [4.69, 9.17) is 21.6 Å². The number of nitrogens with zero attached hydrogens (tertiary/aromatic N) is 2. The lowest BCUT2D eigenvalue weighted by molar-refractivity contribution is 0.485. The molecule has 0 aliphatic rings. The van der Waals surface area contributed by atoms with Gasteiger partial charge < -0.3 is 4.74 Å². The molecule has 0 N–H and O–H groups in total. The monoisotopic (exact) mass is 280 g/mol. The average molecular weight is 281 g/mol. The quantitative estimate of drug-likeness (QED) is 0.691. The second kappa shape index (κ2) is 5.20. The van der Waals surface area contributed by atoms with Crippen molar-refractivity contribution in [3.63, 3.8) is 0 Å². The first-order chi connectivity index (χ1) is 9.79. The van der Waals surface area contributed by atoms with Gasteiger partial charge in [0, 0.05) is 11.6 Å². The largest absolute Gasteiger partial charge is 0.454 e. The van der Waals surface area contributed by atoms with E-state index < -0.39 is 0 Å². The molecule has 1 heterocycles. The minimum Gasteiger partial charge on any atom is -0.454 e. The zero-order valence-corrected chi connectivity index (χ0v) is 11.1. The molecule has 0 aliphatic heterocycles. The van der Waals surface area contributed by atoms with Crippen molar-refractivity contribution in [1.82, 2.24) is 4.98 Å². The lowest BCUT2D eigenvalue weighted by Crippen LogP contribution is -1.91. The molecule has 0 saturated carbocycles. The number of halogens is 1. The zero-order chi connectivity index (χ0) is 13.9. The summed E-state index contributed by atoms with van der Waals surface area (Å²) in [6.45, 7) is 0. The number of para-hydroxylation sites is 1. The van der Waals surface area contributed by atoms with Crippen molar-refractivity contribution in [2.45, 2.75) is 0 Å². The number of nitriles is 1. The molecule has 2 aromatic carbocycles. The first kappa shape index (κ1) is 12.5. The van der Waals surface area contributed by atoms with Crippen molar-refractivity contribution in [3.8, 4) is 17.6 Å². The number of benzene rings is 2. The van der Waals surface area contributed by atoms with Gasteiger partial charge in [0.2, 0.25) is 0 Å². The van der Waals surface area contributed by atoms with Crippen LogP contribution in [0.4, 0.5) is 0 Å². The molecule has 0 radical (unpaired) electrons. The summed E-state index contributed by atoms with van der Waals surface area (Å²) in [5.74, 6) is 1.03. The van der Waals surface area contributed by atoms with Crippen LogP contribution in [0.3, 0.4) is 0 Å². The van der Waals surface area contributed by atoms with Crippen LogP contribution < -0.4 is 4.74 Å². The number of ether oxygens (including phenoxy) is 1. The third-order valence-electron chi connectivity index (χ3n) is 2.90. The van der Waals surface area contributed by atoms with Gasteiger partial charge in [-0.15, -0.1) is 0 Å². The fraction of sp³-hybridized carbons (Fsp3) is 0. The molecule has 0 aliphatic carbocycles. The van der Waals surface area contributed by atoms with E-state index in [1.54, 1.807) is 24.4 Å². The fourth-order valence-electron chi connectivity index (χ4n) is 1.97. The number of aromatic nitrogens is 1. The Morgan fingerprint density at radius 3 is 2.60 bits per heavy atom. The van der Waals surface area contributed by atoms with Gasteiger partial charge >= 0.3 is 0 Å². The van der Waals surface area contributed by atoms with Crippen LogP contribution in [-0.4, -0.2) is 4.98 Å². The van der Waals surface area contributed by atoms with Crippen molar-refractivity contribution in [1.29, 1.82) is 5.26 Å². The van der Waals surface area contributed by atoms with Gasteiger partial charge in [0.25, 0.3) is 0 Å². The molecule has 20 heavy (non-hydrogen) atoms. The molecule has 96 valence electrons. The summed E-state index contributed by atoms with van der Waals surface area (Å²) in [5, 5.41) is 10.5. The maximum absolute atomic E-state index is 9.16. The summed E-state index contributed by atoms with van der Waals surface area (Å²) >= 11 is 6.00. The minimum absolute atomic E-state index is 0.321. The molecule has 0 amide bonds. The van der Waals surface area contributed by atoms with E-state index in [9.17, 15) is 0 Å². The Morgan fingerprint density at radius 2 is 1.75 bits per heavy atom. The van der Waals surface area contributed by atoms with Crippen molar-refractivity contribution < 1.29 is 4.74 Å². The zero-order valence-electron chi connectivity index (χ0n) is 10.4. The molecular formula is C16H9ClN2O. The van der Waals surface area contributed by atoms with Crippen molar-refractivity contribution in [2.75, 3.05) is 0 Å². The summed E-state index contributed by atoms with van der Waals surface area (Å²) < 4.78 is 5.83. The second-order valence-corrected chi connectivity index (χ2v) is 4.57. The van der Waals surface area contributed by atoms with Crippen LogP contribution in [0, 0.1) is 11.3 Å². The SMILES string of the molecule is N#Cc1c(Cl)cccc1Oc1cccc2cccnc12. The average Bonchev–Trinajstić information content (AvgIpc) is 2.48. The Morgan fingerprint density at radius 1 is 1.00 bits per heavy atom. The van der Waals surface area contributed by atoms with Crippen LogP contribution in [0.25, 0.3) is 10.9 Å². The van der Waals surface area contributed by atoms with Crippen molar-refractivity contribution in [2.24, 2.45) is 0 Å². The van der Waals surface area contributed by atoms with Gasteiger partial charge in [-0.1, -0.05) is 35.9 Å². The highest BCUT2D eigenvalue weighted by atomic mass is 35.5. The topological polar surface area (TPSA) is 45.9 Å². The molecule has 1 aromatic heterocycles. The van der Waals surface area contributed by atoms with Gasteiger partial charge in [0.05, 0.1) is 5.02 Å². The lowest BCUT2D eigenvalue weighted by atomic mass is 10.2. The molecule has 0 fully saturated rings. The Bertz CT molecular complexity index is 819. The Labute approximate surface area is 121 Å². The molecule has 3 aromatic rings. The summed E-state index contributed by atoms with van der Waals surface area (Å²) in [7, 11) is 0. The van der Waals surface area contributed by atoms with E-state index in [0.29, 0.717) is 22.1 Å². The fourth-order valence-corrected chi connectivity index (χ4v) is 2.18. The third-order valence-corrected chi connectivity index (χ3v) is 3.22. The molecule has 3 nitrogen and oxygen atoms in total. The van der Waals surface area contributed by atoms with Gasteiger partial charge in [-0.25, -0.2) is 0 Å². The molecule has 0 spiro atoms. The first-order valence-corrected chi connectivity index (χ1v) is 6.37. The maximum atomic E-state index is 9.16. The highest BCUT2D eigenvalue weighted by molar-refractivity contribution is 6.31. The summed E-state index contributed by atoms with van der Waals surface area (Å²) in [5.41, 5.74) is 1.07. The Balaban J connectivity index is 2.11. The third kappa shape index (κ3) is 2.18. The predicted molar refractivity (Wildman–Crippen MR) is 78.0 cm³/mol. The van der Waals surface area contributed by atoms with Gasteiger partial charge in [-0.2, -0.15) is 5.26 Å².